The van der Waals surface area contributed by atoms with E-state index >= 15 is 0 Å². The highest BCUT2D eigenvalue weighted by molar-refractivity contribution is 5.69. The number of aromatic hydroxyl groups is 1. The molecule has 0 atom stereocenters. The molecule has 0 aliphatic heterocycles. The number of nitrogens with two attached hydrogens (primary N) is 2. The van der Waals surface area contributed by atoms with Crippen LogP contribution in [-0.4, -0.2) is 11.1 Å². The molecule has 1 aromatic carbocycles. The maximum Gasteiger partial charge on any atom is 0.309 e. The Kier molecular flexibility index (Phi) is 17.3. The van der Waals surface area contributed by atoms with Crippen LogP contribution in [0.4, 0.5) is 4.79 Å². The lowest BCUT2D eigenvalue weighted by Crippen LogP contribution is -2.18. The van der Waals surface area contributed by atoms with E-state index in [0.717, 1.165) is 12.0 Å². The first-order chi connectivity index (χ1) is 10.6. The number of para-hydroxylation sites is 1. The van der Waals surface area contributed by atoms with Crippen LogP contribution in [0.25, 0.3) is 0 Å². The van der Waals surface area contributed by atoms with Crippen LogP contribution in [0.5, 0.6) is 5.75 Å². The van der Waals surface area contributed by atoms with E-state index < -0.39 is 6.03 Å². The maximum atomic E-state index is 9.58. The molecule has 0 aliphatic rings. The molecule has 4 heteroatoms. The summed E-state index contributed by atoms with van der Waals surface area (Å²) in [6.07, 6.45) is 10.3. The molecular weight excluding hydrogens is 276 g/mol. The zero-order valence-corrected chi connectivity index (χ0v) is 13.9. The van der Waals surface area contributed by atoms with Crippen molar-refractivity contribution >= 4 is 6.03 Å². The smallest absolute Gasteiger partial charge is 0.309 e. The molecule has 0 aromatic heterocycles. The molecule has 0 aliphatic carbocycles. The average molecular weight is 308 g/mol. The number of phenolic OH excluding ortho intramolecular Hbond substituents is 1. The Hall–Kier alpha value is -1.97. The zero-order chi connectivity index (χ0) is 17.2. The van der Waals surface area contributed by atoms with E-state index in [1.165, 1.54) is 44.9 Å². The van der Waals surface area contributed by atoms with Crippen molar-refractivity contribution in [3.05, 3.63) is 43.0 Å². The van der Waals surface area contributed by atoms with Crippen LogP contribution < -0.4 is 11.5 Å². The molecule has 0 radical (unpaired) electrons. The van der Waals surface area contributed by atoms with E-state index in [9.17, 15) is 5.11 Å². The predicted octanol–water partition coefficient (Wildman–Crippen LogP) is 4.51. The molecule has 22 heavy (non-hydrogen) atoms. The second-order valence-corrected chi connectivity index (χ2v) is 4.90. The monoisotopic (exact) mass is 308 g/mol. The Bertz CT molecular complexity index is 377. The van der Waals surface area contributed by atoms with E-state index in [-0.39, 0.29) is 0 Å². The number of phenols is 1. The van der Waals surface area contributed by atoms with Crippen LogP contribution in [0.2, 0.25) is 0 Å². The summed E-state index contributed by atoms with van der Waals surface area (Å²) in [7, 11) is 0. The first-order valence-corrected chi connectivity index (χ1v) is 7.89. The topological polar surface area (TPSA) is 89.3 Å². The molecule has 1 rings (SSSR count). The highest BCUT2D eigenvalue weighted by atomic mass is 16.3. The third-order valence-electron chi connectivity index (χ3n) is 3.04. The fourth-order valence-electron chi connectivity index (χ4n) is 1.99. The number of aryl methyl sites for hydroxylation is 1. The zero-order valence-electron chi connectivity index (χ0n) is 13.9. The quantitative estimate of drug-likeness (QED) is 0.487. The summed E-state index contributed by atoms with van der Waals surface area (Å²) in [5.74, 6) is 0.452. The molecular formula is C18H32N2O2. The van der Waals surface area contributed by atoms with E-state index in [1.807, 2.05) is 18.2 Å². The van der Waals surface area contributed by atoms with Crippen molar-refractivity contribution < 1.29 is 9.90 Å². The van der Waals surface area contributed by atoms with Crippen molar-refractivity contribution in [2.75, 3.05) is 0 Å². The number of carbonyl (C=O) groups is 1. The Balaban J connectivity index is 0. The number of rotatable bonds is 8. The van der Waals surface area contributed by atoms with E-state index in [0.29, 0.717) is 5.75 Å². The van der Waals surface area contributed by atoms with E-state index in [2.05, 4.69) is 31.5 Å². The van der Waals surface area contributed by atoms with Gasteiger partial charge in [0.25, 0.3) is 0 Å². The van der Waals surface area contributed by atoms with Gasteiger partial charge in [-0.05, 0) is 24.5 Å². The number of urea groups is 1. The second-order valence-electron chi connectivity index (χ2n) is 4.90. The first-order valence-electron chi connectivity index (χ1n) is 7.89. The molecule has 0 bridgehead atoms. The predicted molar refractivity (Wildman–Crippen MR) is 94.8 cm³/mol. The van der Waals surface area contributed by atoms with Gasteiger partial charge >= 0.3 is 6.03 Å². The molecule has 126 valence electrons. The Labute approximate surface area is 135 Å². The minimum atomic E-state index is -0.833. The van der Waals surface area contributed by atoms with Crippen molar-refractivity contribution in [2.24, 2.45) is 11.5 Å². The van der Waals surface area contributed by atoms with Crippen molar-refractivity contribution in [1.82, 2.24) is 0 Å². The summed E-state index contributed by atoms with van der Waals surface area (Å²) in [4.78, 5) is 9.00. The molecule has 0 spiro atoms. The SMILES string of the molecule is C=C.CCCCCCCCCc1ccccc1O.NC(N)=O. The lowest BCUT2D eigenvalue weighted by molar-refractivity contribution is 0.256. The molecule has 0 unspecified atom stereocenters. The number of amides is 2. The van der Waals surface area contributed by atoms with Crippen LogP contribution in [0.15, 0.2) is 37.4 Å². The second kappa shape index (κ2) is 17.1. The summed E-state index contributed by atoms with van der Waals surface area (Å²) in [6.45, 7) is 8.25. The standard InChI is InChI=1S/C15H24O.C2H4.CH4N2O/c1-2-3-4-5-6-7-8-11-14-12-9-10-13-15(14)16;1-2;2-1(3)4/h9-10,12-13,16H,2-8,11H2,1H3;1-2H2;(H4,2,3,4). The number of unbranched alkanes of at least 4 members (excludes halogenated alkanes) is 6. The minimum Gasteiger partial charge on any atom is -0.508 e. The highest BCUT2D eigenvalue weighted by Gasteiger charge is 1.98. The normalized spacial score (nSPS) is 8.95. The summed E-state index contributed by atoms with van der Waals surface area (Å²) in [5.41, 5.74) is 9.59. The van der Waals surface area contributed by atoms with Gasteiger partial charge in [0.1, 0.15) is 5.75 Å². The number of primary amides is 2. The van der Waals surface area contributed by atoms with Crippen LogP contribution in [0.1, 0.15) is 57.4 Å². The van der Waals surface area contributed by atoms with Crippen molar-refractivity contribution in [3.63, 3.8) is 0 Å². The minimum absolute atomic E-state index is 0.452. The average Bonchev–Trinajstić information content (AvgIpc) is 2.49. The van der Waals surface area contributed by atoms with Crippen molar-refractivity contribution in [3.8, 4) is 5.75 Å². The van der Waals surface area contributed by atoms with Crippen LogP contribution in [0, 0.1) is 0 Å². The van der Waals surface area contributed by atoms with Crippen molar-refractivity contribution in [1.29, 1.82) is 0 Å². The Morgan fingerprint density at radius 1 is 1.00 bits per heavy atom. The lowest BCUT2D eigenvalue weighted by Gasteiger charge is -2.04. The largest absolute Gasteiger partial charge is 0.508 e. The van der Waals surface area contributed by atoms with Crippen LogP contribution >= 0.6 is 0 Å². The van der Waals surface area contributed by atoms with Gasteiger partial charge in [-0.3, -0.25) is 0 Å². The number of benzene rings is 1. The van der Waals surface area contributed by atoms with Gasteiger partial charge in [0, 0.05) is 0 Å². The number of hydrogen-bond acceptors (Lipinski definition) is 2. The fraction of sp³-hybridized carbons (Fsp3) is 0.500. The number of carbonyl (C=O) groups excluding carboxylic acids is 1. The molecule has 5 N–H and O–H groups in total. The third-order valence-corrected chi connectivity index (χ3v) is 3.04. The van der Waals surface area contributed by atoms with Gasteiger partial charge in [-0.15, -0.1) is 13.2 Å². The lowest BCUT2D eigenvalue weighted by atomic mass is 10.0. The van der Waals surface area contributed by atoms with Gasteiger partial charge in [-0.1, -0.05) is 63.6 Å². The number of hydrogen-bond donors (Lipinski definition) is 3. The molecule has 0 fully saturated rings. The molecule has 0 heterocycles. The van der Waals surface area contributed by atoms with Gasteiger partial charge in [0.15, 0.2) is 0 Å². The Morgan fingerprint density at radius 2 is 1.45 bits per heavy atom. The van der Waals surface area contributed by atoms with Crippen LogP contribution in [-0.2, 0) is 6.42 Å². The summed E-state index contributed by atoms with van der Waals surface area (Å²) >= 11 is 0. The van der Waals surface area contributed by atoms with Gasteiger partial charge in [-0.25, -0.2) is 4.79 Å². The highest BCUT2D eigenvalue weighted by Crippen LogP contribution is 2.18. The van der Waals surface area contributed by atoms with Crippen LogP contribution in [0.3, 0.4) is 0 Å². The molecule has 0 saturated heterocycles. The third kappa shape index (κ3) is 16.1. The summed E-state index contributed by atoms with van der Waals surface area (Å²) < 4.78 is 0. The Morgan fingerprint density at radius 3 is 1.95 bits per heavy atom. The van der Waals surface area contributed by atoms with Gasteiger partial charge in [-0.2, -0.15) is 0 Å². The van der Waals surface area contributed by atoms with Gasteiger partial charge in [0.05, 0.1) is 0 Å². The van der Waals surface area contributed by atoms with E-state index in [4.69, 9.17) is 4.79 Å². The molecule has 0 saturated carbocycles. The first kappa shape index (κ1) is 22.3. The van der Waals surface area contributed by atoms with Crippen molar-refractivity contribution in [2.45, 2.75) is 58.3 Å². The van der Waals surface area contributed by atoms with Gasteiger partial charge < -0.3 is 16.6 Å². The molecule has 1 aromatic rings. The fourth-order valence-corrected chi connectivity index (χ4v) is 1.99. The molecule has 2 amide bonds. The van der Waals surface area contributed by atoms with Gasteiger partial charge in [0.2, 0.25) is 0 Å². The molecule has 4 nitrogen and oxygen atoms in total. The van der Waals surface area contributed by atoms with E-state index in [1.54, 1.807) is 6.07 Å². The maximum absolute atomic E-state index is 9.58. The summed E-state index contributed by atoms with van der Waals surface area (Å²) in [5, 5.41) is 9.58. The summed E-state index contributed by atoms with van der Waals surface area (Å²) in [6, 6.07) is 6.84.